The third kappa shape index (κ3) is 82.6. The van der Waals surface area contributed by atoms with Crippen molar-refractivity contribution in [3.8, 4) is 0 Å². The Balaban J connectivity index is 3.98. The van der Waals surface area contributed by atoms with Gasteiger partial charge in [0.2, 0.25) is 0 Å². The number of aliphatic carboxylic acids is 1. The summed E-state index contributed by atoms with van der Waals surface area (Å²) in [5.74, 6) is -2.26. The van der Waals surface area contributed by atoms with Crippen molar-refractivity contribution < 1.29 is 42.9 Å². The number of allylic oxidation sites excluding steroid dienone is 22. The molecule has 0 heterocycles. The van der Waals surface area contributed by atoms with Crippen LogP contribution in [0.25, 0.3) is 0 Å². The molecule has 0 fully saturated rings. The highest BCUT2D eigenvalue weighted by atomic mass is 16.7. The summed E-state index contributed by atoms with van der Waals surface area (Å²) in [7, 11) is 5.95. The SMILES string of the molecule is CC/C=C\C/C=C\C/C=C\C/C=C\C/C=C\C/C=C\C/C=C\CCCCCCCCCCCCCCCCCCCC(=O)OC(COC(=O)CCCCCCCCCCCCCCCCCCCCCCCCCC/C=C\C/C=C\C/C=C\C/C=C\CC)COC(OCC[N+](C)(C)C)C(=O)[O-]. The van der Waals surface area contributed by atoms with Gasteiger partial charge in [0, 0.05) is 12.8 Å². The van der Waals surface area contributed by atoms with E-state index in [-0.39, 0.29) is 32.2 Å². The van der Waals surface area contributed by atoms with Gasteiger partial charge >= 0.3 is 11.9 Å². The van der Waals surface area contributed by atoms with E-state index in [0.29, 0.717) is 23.9 Å². The summed E-state index contributed by atoms with van der Waals surface area (Å²) in [5.41, 5.74) is 0. The zero-order valence-electron chi connectivity index (χ0n) is 66.5. The molecule has 580 valence electrons. The molecule has 0 N–H and O–H groups in total. The molecule has 0 aliphatic heterocycles. The highest BCUT2D eigenvalue weighted by molar-refractivity contribution is 5.70. The van der Waals surface area contributed by atoms with Gasteiger partial charge in [-0.15, -0.1) is 0 Å². The number of carboxylic acids is 1. The molecule has 0 rings (SSSR count). The first-order chi connectivity index (χ1) is 49.6. The lowest BCUT2D eigenvalue weighted by atomic mass is 10.0. The number of carbonyl (C=O) groups is 3. The standard InChI is InChI=1S/C92H159NO8/c1-6-8-10-12-14-16-18-20-22-24-26-28-30-32-34-36-38-40-42-44-45-47-49-51-53-55-57-59-61-63-65-67-69-71-73-75-77-79-81-83-90(95)101-88(87-100-92(91(96)97)98-85-84-93(3,4)5)86-99-89(94)82-80-78-76-74-72-70-68-66-64-62-60-58-56-54-52-50-48-46-43-41-39-37-35-33-31-29-27-25-23-21-19-17-15-13-11-9-7-2/h8-11,14-17,20-23,26-29,32,34,38,40,44-45,88,92H,6-7,12-13,18-19,24-25,30-31,33,35-37,39,41-43,46-87H2,1-5H3/b10-8-,11-9-,16-14-,17-15-,22-20-,23-21-,28-26-,29-27-,34-32-,40-38-,45-44-. The first-order valence-corrected chi connectivity index (χ1v) is 42.3. The van der Waals surface area contributed by atoms with Crippen molar-refractivity contribution >= 4 is 17.9 Å². The number of ether oxygens (including phenoxy) is 4. The van der Waals surface area contributed by atoms with E-state index in [2.05, 4.69) is 148 Å². The van der Waals surface area contributed by atoms with Crippen LogP contribution in [0.5, 0.6) is 0 Å². The van der Waals surface area contributed by atoms with E-state index in [1.54, 1.807) is 0 Å². The van der Waals surface area contributed by atoms with Crippen molar-refractivity contribution in [2.75, 3.05) is 47.5 Å². The second kappa shape index (κ2) is 81.1. The predicted molar refractivity (Wildman–Crippen MR) is 435 cm³/mol. The van der Waals surface area contributed by atoms with Crippen molar-refractivity contribution in [1.82, 2.24) is 0 Å². The van der Waals surface area contributed by atoms with Gasteiger partial charge in [0.15, 0.2) is 12.4 Å². The lowest BCUT2D eigenvalue weighted by Gasteiger charge is -2.26. The molecule has 0 spiro atoms. The van der Waals surface area contributed by atoms with Crippen LogP contribution >= 0.6 is 0 Å². The Kier molecular flexibility index (Phi) is 77.4. The second-order valence-corrected chi connectivity index (χ2v) is 29.4. The highest BCUT2D eigenvalue weighted by Gasteiger charge is 2.22. The number of likely N-dealkylation sites (N-methyl/N-ethyl adjacent to an activating group) is 1. The van der Waals surface area contributed by atoms with Crippen LogP contribution in [-0.2, 0) is 33.3 Å². The number of hydrogen-bond donors (Lipinski definition) is 0. The average molecular weight is 1410 g/mol. The average Bonchev–Trinajstić information content (AvgIpc) is 1.21. The molecule has 0 aromatic carbocycles. The zero-order chi connectivity index (χ0) is 73.2. The summed E-state index contributed by atoms with van der Waals surface area (Å²) >= 11 is 0. The van der Waals surface area contributed by atoms with Gasteiger partial charge in [0.1, 0.15) is 13.2 Å². The molecule has 0 saturated heterocycles. The number of esters is 2. The molecule has 0 amide bonds. The zero-order valence-corrected chi connectivity index (χ0v) is 66.5. The molecule has 0 aromatic heterocycles. The normalized spacial score (nSPS) is 13.3. The number of unbranched alkanes of at least 4 members (excludes halogenated alkanes) is 41. The van der Waals surface area contributed by atoms with Crippen LogP contribution in [0.3, 0.4) is 0 Å². The lowest BCUT2D eigenvalue weighted by Crippen LogP contribution is -2.44. The Morgan fingerprint density at radius 2 is 0.535 bits per heavy atom. The maximum atomic E-state index is 13.0. The molecule has 9 nitrogen and oxygen atoms in total. The minimum atomic E-state index is -1.63. The van der Waals surface area contributed by atoms with Crippen LogP contribution in [0.2, 0.25) is 0 Å². The molecule has 0 bridgehead atoms. The van der Waals surface area contributed by atoms with E-state index >= 15 is 0 Å². The number of hydrogen-bond acceptors (Lipinski definition) is 8. The Labute approximate surface area is 624 Å². The molecule has 0 saturated carbocycles. The Bertz CT molecular complexity index is 2130. The van der Waals surface area contributed by atoms with Crippen molar-refractivity contribution in [1.29, 1.82) is 0 Å². The van der Waals surface area contributed by atoms with Crippen LogP contribution < -0.4 is 5.11 Å². The molecule has 0 radical (unpaired) electrons. The lowest BCUT2D eigenvalue weighted by molar-refractivity contribution is -0.870. The van der Waals surface area contributed by atoms with E-state index in [9.17, 15) is 19.5 Å². The molecule has 0 aliphatic rings. The largest absolute Gasteiger partial charge is 0.545 e. The first-order valence-electron chi connectivity index (χ1n) is 42.3. The van der Waals surface area contributed by atoms with Gasteiger partial charge < -0.3 is 33.3 Å². The van der Waals surface area contributed by atoms with Crippen LogP contribution in [-0.4, -0.2) is 82.3 Å². The van der Waals surface area contributed by atoms with Gasteiger partial charge in [-0.3, -0.25) is 9.59 Å². The first kappa shape index (κ1) is 96.4. The fraction of sp³-hybridized carbons (Fsp3) is 0.728. The number of rotatable bonds is 78. The van der Waals surface area contributed by atoms with Crippen molar-refractivity contribution in [2.24, 2.45) is 0 Å². The molecular formula is C92H159NO8. The highest BCUT2D eigenvalue weighted by Crippen LogP contribution is 2.19. The summed E-state index contributed by atoms with van der Waals surface area (Å²) in [6, 6.07) is 0. The maximum absolute atomic E-state index is 13.0. The minimum Gasteiger partial charge on any atom is -0.545 e. The van der Waals surface area contributed by atoms with Gasteiger partial charge in [-0.05, 0) is 109 Å². The van der Waals surface area contributed by atoms with Gasteiger partial charge in [-0.25, -0.2) is 0 Å². The summed E-state index contributed by atoms with van der Waals surface area (Å²) in [4.78, 5) is 37.7. The predicted octanol–water partition coefficient (Wildman–Crippen LogP) is 26.3. The van der Waals surface area contributed by atoms with Crippen LogP contribution in [0, 0.1) is 0 Å². The van der Waals surface area contributed by atoms with Gasteiger partial charge in [0.25, 0.3) is 0 Å². The third-order valence-electron chi connectivity index (χ3n) is 18.4. The van der Waals surface area contributed by atoms with Crippen molar-refractivity contribution in [3.63, 3.8) is 0 Å². The molecule has 2 unspecified atom stereocenters. The Morgan fingerprint density at radius 3 is 0.792 bits per heavy atom. The van der Waals surface area contributed by atoms with E-state index in [1.807, 2.05) is 21.1 Å². The van der Waals surface area contributed by atoms with Crippen molar-refractivity contribution in [3.05, 3.63) is 134 Å². The number of carbonyl (C=O) groups excluding carboxylic acids is 3. The topological polar surface area (TPSA) is 111 Å². The molecule has 0 aliphatic carbocycles. The van der Waals surface area contributed by atoms with Crippen LogP contribution in [0.4, 0.5) is 0 Å². The summed E-state index contributed by atoms with van der Waals surface area (Å²) < 4.78 is 22.9. The number of carboxylic acid groups (broad SMARTS) is 1. The van der Waals surface area contributed by atoms with E-state index in [0.717, 1.165) is 103 Å². The monoisotopic (exact) mass is 1410 g/mol. The minimum absolute atomic E-state index is 0.146. The maximum Gasteiger partial charge on any atom is 0.306 e. The molecular weight excluding hydrogens is 1250 g/mol. The van der Waals surface area contributed by atoms with E-state index in [4.69, 9.17) is 18.9 Å². The van der Waals surface area contributed by atoms with Crippen molar-refractivity contribution in [2.45, 2.75) is 386 Å². The van der Waals surface area contributed by atoms with E-state index in [1.165, 1.54) is 238 Å². The summed E-state index contributed by atoms with van der Waals surface area (Å²) in [5, 5.41) is 11.9. The fourth-order valence-electron chi connectivity index (χ4n) is 12.0. The molecule has 9 heteroatoms. The molecule has 2 atom stereocenters. The second-order valence-electron chi connectivity index (χ2n) is 29.4. The summed E-state index contributed by atoms with van der Waals surface area (Å²) in [6.07, 6.45) is 114. The fourth-order valence-corrected chi connectivity index (χ4v) is 12.0. The van der Waals surface area contributed by atoms with Gasteiger partial charge in [-0.2, -0.15) is 0 Å². The Hall–Kier alpha value is -4.57. The quantitative estimate of drug-likeness (QED) is 0.0195. The van der Waals surface area contributed by atoms with E-state index < -0.39 is 24.3 Å². The van der Waals surface area contributed by atoms with Gasteiger partial charge in [-0.1, -0.05) is 385 Å². The molecule has 101 heavy (non-hydrogen) atoms. The van der Waals surface area contributed by atoms with Gasteiger partial charge in [0.05, 0.1) is 40.3 Å². The van der Waals surface area contributed by atoms with Crippen LogP contribution in [0.15, 0.2) is 134 Å². The molecule has 0 aromatic rings. The number of nitrogens with zero attached hydrogens (tertiary/aromatic N) is 1. The smallest absolute Gasteiger partial charge is 0.306 e. The number of quaternary nitrogens is 1. The third-order valence-corrected chi connectivity index (χ3v) is 18.4. The van der Waals surface area contributed by atoms with Crippen LogP contribution in [0.1, 0.15) is 373 Å². The Morgan fingerprint density at radius 1 is 0.297 bits per heavy atom. The summed E-state index contributed by atoms with van der Waals surface area (Å²) in [6.45, 7) is 4.56.